The Hall–Kier alpha value is -3.15. The Kier molecular flexibility index (Phi) is 9.00. The summed E-state index contributed by atoms with van der Waals surface area (Å²) in [6.07, 6.45) is 7.17. The predicted octanol–water partition coefficient (Wildman–Crippen LogP) is 6.40. The second-order valence-electron chi connectivity index (χ2n) is 11.4. The fourth-order valence-corrected chi connectivity index (χ4v) is 6.60. The van der Waals surface area contributed by atoms with Gasteiger partial charge in [-0.15, -0.1) is 0 Å². The molecule has 3 aromatic rings. The van der Waals surface area contributed by atoms with E-state index in [-0.39, 0.29) is 18.1 Å². The SMILES string of the molecule is C[C@@H](NCC[C@H]1CC[C@H](NC(=O)N2CCC[C@H]2C(O)(c2ccccc2)c2ccccc2)CC1)c1ccccc1. The molecule has 1 aliphatic heterocycles. The molecular weight excluding hydrogens is 482 g/mol. The number of benzene rings is 3. The number of nitrogens with zero attached hydrogens (tertiary/aromatic N) is 1. The third kappa shape index (κ3) is 6.37. The number of likely N-dealkylation sites (tertiary alicyclic amines) is 1. The van der Waals surface area contributed by atoms with Crippen LogP contribution in [0.3, 0.4) is 0 Å². The molecule has 206 valence electrons. The summed E-state index contributed by atoms with van der Waals surface area (Å²) in [5, 5.41) is 19.3. The van der Waals surface area contributed by atoms with E-state index >= 15 is 0 Å². The van der Waals surface area contributed by atoms with Crippen LogP contribution in [0.25, 0.3) is 0 Å². The second kappa shape index (κ2) is 12.8. The summed E-state index contributed by atoms with van der Waals surface area (Å²) in [4.78, 5) is 15.5. The maximum absolute atomic E-state index is 13.6. The zero-order valence-electron chi connectivity index (χ0n) is 23.1. The van der Waals surface area contributed by atoms with Crippen molar-refractivity contribution in [2.24, 2.45) is 5.92 Å². The highest BCUT2D eigenvalue weighted by molar-refractivity contribution is 5.75. The third-order valence-electron chi connectivity index (χ3n) is 8.90. The van der Waals surface area contributed by atoms with Gasteiger partial charge in [-0.3, -0.25) is 0 Å². The first-order chi connectivity index (χ1) is 19.1. The Balaban J connectivity index is 1.16. The highest BCUT2D eigenvalue weighted by Gasteiger charge is 2.47. The molecule has 5 heteroatoms. The Morgan fingerprint density at radius 2 is 1.44 bits per heavy atom. The molecule has 0 aromatic heterocycles. The molecular formula is C34H43N3O2. The number of aliphatic hydroxyl groups is 1. The Bertz CT molecular complexity index is 1120. The van der Waals surface area contributed by atoms with Gasteiger partial charge in [0.2, 0.25) is 0 Å². The number of hydrogen-bond donors (Lipinski definition) is 3. The largest absolute Gasteiger partial charge is 0.378 e. The van der Waals surface area contributed by atoms with Crippen molar-refractivity contribution in [3.05, 3.63) is 108 Å². The normalized spacial score (nSPS) is 22.4. The van der Waals surface area contributed by atoms with E-state index in [1.807, 2.05) is 65.6 Å². The highest BCUT2D eigenvalue weighted by atomic mass is 16.3. The third-order valence-corrected chi connectivity index (χ3v) is 8.90. The van der Waals surface area contributed by atoms with Gasteiger partial charge in [0.1, 0.15) is 5.60 Å². The molecule has 2 fully saturated rings. The zero-order valence-corrected chi connectivity index (χ0v) is 23.1. The van der Waals surface area contributed by atoms with Crippen molar-refractivity contribution in [1.29, 1.82) is 0 Å². The summed E-state index contributed by atoms with van der Waals surface area (Å²) in [5.74, 6) is 0.703. The molecule has 0 radical (unpaired) electrons. The number of hydrogen-bond acceptors (Lipinski definition) is 3. The Morgan fingerprint density at radius 3 is 2.03 bits per heavy atom. The molecule has 5 rings (SSSR count). The van der Waals surface area contributed by atoms with Gasteiger partial charge in [0.25, 0.3) is 0 Å². The highest BCUT2D eigenvalue weighted by Crippen LogP contribution is 2.40. The quantitative estimate of drug-likeness (QED) is 0.303. The fraction of sp³-hybridized carbons (Fsp3) is 0.441. The van der Waals surface area contributed by atoms with Crippen molar-refractivity contribution in [1.82, 2.24) is 15.5 Å². The first-order valence-electron chi connectivity index (χ1n) is 14.7. The molecule has 1 aliphatic carbocycles. The molecule has 3 N–H and O–H groups in total. The van der Waals surface area contributed by atoms with E-state index in [1.54, 1.807) is 0 Å². The molecule has 3 aromatic carbocycles. The Labute approximate surface area is 233 Å². The summed E-state index contributed by atoms with van der Waals surface area (Å²) in [6.45, 7) is 3.91. The van der Waals surface area contributed by atoms with Crippen LogP contribution in [0.15, 0.2) is 91.0 Å². The minimum atomic E-state index is -1.25. The maximum Gasteiger partial charge on any atom is 0.317 e. The van der Waals surface area contributed by atoms with Crippen LogP contribution in [0.1, 0.15) is 74.6 Å². The van der Waals surface area contributed by atoms with Crippen LogP contribution >= 0.6 is 0 Å². The molecule has 5 nitrogen and oxygen atoms in total. The summed E-state index contributed by atoms with van der Waals surface area (Å²) >= 11 is 0. The van der Waals surface area contributed by atoms with Gasteiger partial charge in [-0.1, -0.05) is 91.0 Å². The van der Waals surface area contributed by atoms with E-state index in [9.17, 15) is 9.90 Å². The van der Waals surface area contributed by atoms with Gasteiger partial charge < -0.3 is 20.6 Å². The van der Waals surface area contributed by atoms with Crippen molar-refractivity contribution in [2.45, 2.75) is 75.6 Å². The van der Waals surface area contributed by atoms with E-state index < -0.39 is 5.60 Å². The predicted molar refractivity (Wildman–Crippen MR) is 157 cm³/mol. The summed E-state index contributed by atoms with van der Waals surface area (Å²) < 4.78 is 0. The van der Waals surface area contributed by atoms with E-state index in [2.05, 4.69) is 47.9 Å². The molecule has 2 atom stereocenters. The van der Waals surface area contributed by atoms with Crippen LogP contribution in [0.4, 0.5) is 4.79 Å². The molecule has 2 aliphatic rings. The van der Waals surface area contributed by atoms with Crippen LogP contribution in [0.5, 0.6) is 0 Å². The van der Waals surface area contributed by atoms with Crippen molar-refractivity contribution < 1.29 is 9.90 Å². The molecule has 0 spiro atoms. The van der Waals surface area contributed by atoms with Crippen LogP contribution in [-0.4, -0.2) is 41.2 Å². The average Bonchev–Trinajstić information content (AvgIpc) is 3.50. The molecule has 1 heterocycles. The number of carbonyl (C=O) groups is 1. The number of amides is 2. The van der Waals surface area contributed by atoms with Gasteiger partial charge in [-0.25, -0.2) is 4.79 Å². The van der Waals surface area contributed by atoms with Crippen molar-refractivity contribution in [3.63, 3.8) is 0 Å². The molecule has 2 amide bonds. The molecule has 39 heavy (non-hydrogen) atoms. The lowest BCUT2D eigenvalue weighted by Crippen LogP contribution is -2.54. The van der Waals surface area contributed by atoms with Gasteiger partial charge >= 0.3 is 6.03 Å². The molecule has 0 bridgehead atoms. The number of nitrogens with one attached hydrogen (secondary N) is 2. The van der Waals surface area contributed by atoms with Crippen LogP contribution in [-0.2, 0) is 5.60 Å². The molecule has 0 unspecified atom stereocenters. The van der Waals surface area contributed by atoms with Crippen LogP contribution in [0, 0.1) is 5.92 Å². The van der Waals surface area contributed by atoms with E-state index in [0.29, 0.717) is 18.5 Å². The van der Waals surface area contributed by atoms with Crippen molar-refractivity contribution >= 4 is 6.03 Å². The summed E-state index contributed by atoms with van der Waals surface area (Å²) in [7, 11) is 0. The van der Waals surface area contributed by atoms with Crippen LogP contribution < -0.4 is 10.6 Å². The maximum atomic E-state index is 13.6. The minimum absolute atomic E-state index is 0.0374. The van der Waals surface area contributed by atoms with Gasteiger partial charge in [0.15, 0.2) is 0 Å². The van der Waals surface area contributed by atoms with Crippen LogP contribution in [0.2, 0.25) is 0 Å². The first kappa shape index (κ1) is 27.4. The number of rotatable bonds is 9. The van der Waals surface area contributed by atoms with Gasteiger partial charge in [-0.05, 0) is 81.0 Å². The Morgan fingerprint density at radius 1 is 0.872 bits per heavy atom. The lowest BCUT2D eigenvalue weighted by molar-refractivity contribution is 0.00804. The van der Waals surface area contributed by atoms with Gasteiger partial charge in [0, 0.05) is 18.6 Å². The lowest BCUT2D eigenvalue weighted by atomic mass is 9.79. The standard InChI is InChI=1S/C34H43N3O2/c1-26(28-12-5-2-6-13-28)35-24-23-27-19-21-31(22-20-27)36-33(38)37-25-11-18-32(37)34(39,29-14-7-3-8-15-29)30-16-9-4-10-17-30/h2-10,12-17,26-27,31-32,35,39H,11,18-25H2,1H3,(H,36,38)/t26-,27-,31-,32+/m1/s1. The fourth-order valence-electron chi connectivity index (χ4n) is 6.60. The molecule has 1 saturated heterocycles. The summed E-state index contributed by atoms with van der Waals surface area (Å²) in [6, 6.07) is 30.5. The first-order valence-corrected chi connectivity index (χ1v) is 14.7. The minimum Gasteiger partial charge on any atom is -0.378 e. The van der Waals surface area contributed by atoms with Crippen molar-refractivity contribution in [3.8, 4) is 0 Å². The average molecular weight is 526 g/mol. The monoisotopic (exact) mass is 525 g/mol. The molecule has 1 saturated carbocycles. The number of carbonyl (C=O) groups excluding carboxylic acids is 1. The van der Waals surface area contributed by atoms with E-state index in [0.717, 1.165) is 56.2 Å². The van der Waals surface area contributed by atoms with Gasteiger partial charge in [-0.2, -0.15) is 0 Å². The topological polar surface area (TPSA) is 64.6 Å². The van der Waals surface area contributed by atoms with E-state index in [1.165, 1.54) is 12.0 Å². The van der Waals surface area contributed by atoms with Crippen molar-refractivity contribution in [2.75, 3.05) is 13.1 Å². The van der Waals surface area contributed by atoms with Gasteiger partial charge in [0.05, 0.1) is 6.04 Å². The van der Waals surface area contributed by atoms with E-state index in [4.69, 9.17) is 0 Å². The zero-order chi connectivity index (χ0) is 27.1. The summed E-state index contributed by atoms with van der Waals surface area (Å²) in [5.41, 5.74) is 1.74. The lowest BCUT2D eigenvalue weighted by Gasteiger charge is -2.41. The smallest absolute Gasteiger partial charge is 0.317 e. The second-order valence-corrected chi connectivity index (χ2v) is 11.4. The number of urea groups is 1.